The second kappa shape index (κ2) is 4.97. The maximum atomic E-state index is 13.3. The number of alkyl halides is 3. The number of aliphatic hydroxyl groups excluding tert-OH is 1. The van der Waals surface area contributed by atoms with Crippen molar-refractivity contribution in [2.24, 2.45) is 11.1 Å². The highest BCUT2D eigenvalue weighted by molar-refractivity contribution is 5.45. The minimum absolute atomic E-state index is 0.512. The first-order chi connectivity index (χ1) is 8.52. The van der Waals surface area contributed by atoms with E-state index in [1.54, 1.807) is 0 Å². The van der Waals surface area contributed by atoms with Gasteiger partial charge >= 0.3 is 6.18 Å². The van der Waals surface area contributed by atoms with E-state index >= 15 is 0 Å². The Bertz CT molecular complexity index is 472. The number of halogens is 4. The van der Waals surface area contributed by atoms with Crippen LogP contribution in [0.4, 0.5) is 17.6 Å². The van der Waals surface area contributed by atoms with Crippen LogP contribution >= 0.6 is 0 Å². The van der Waals surface area contributed by atoms with Crippen LogP contribution in [0.25, 0.3) is 0 Å². The van der Waals surface area contributed by atoms with E-state index in [9.17, 15) is 22.7 Å². The van der Waals surface area contributed by atoms with Gasteiger partial charge in [0.15, 0.2) is 11.6 Å². The summed E-state index contributed by atoms with van der Waals surface area (Å²) >= 11 is 0. The zero-order chi connectivity index (χ0) is 15.0. The molecule has 0 saturated heterocycles. The highest BCUT2D eigenvalue weighted by Crippen LogP contribution is 2.44. The fraction of sp³-hybridized carbons (Fsp3) is 0.500. The van der Waals surface area contributed by atoms with E-state index in [1.165, 1.54) is 13.8 Å². The lowest BCUT2D eigenvalue weighted by Gasteiger charge is -2.32. The van der Waals surface area contributed by atoms with Crippen molar-refractivity contribution in [2.75, 3.05) is 6.61 Å². The summed E-state index contributed by atoms with van der Waals surface area (Å²) in [6.07, 6.45) is -4.77. The molecule has 0 aliphatic carbocycles. The zero-order valence-corrected chi connectivity index (χ0v) is 10.4. The number of aromatic hydroxyl groups is 1. The minimum atomic E-state index is -4.77. The molecule has 4 N–H and O–H groups in total. The van der Waals surface area contributed by atoms with Gasteiger partial charge in [-0.05, 0) is 12.1 Å². The molecule has 0 aliphatic rings. The van der Waals surface area contributed by atoms with Crippen molar-refractivity contribution < 1.29 is 27.8 Å². The number of phenols is 1. The van der Waals surface area contributed by atoms with Gasteiger partial charge in [0.05, 0.1) is 5.56 Å². The van der Waals surface area contributed by atoms with Crippen LogP contribution in [0.5, 0.6) is 5.75 Å². The molecule has 7 heteroatoms. The van der Waals surface area contributed by atoms with Gasteiger partial charge in [-0.3, -0.25) is 0 Å². The Hall–Kier alpha value is -1.34. The maximum absolute atomic E-state index is 13.3. The van der Waals surface area contributed by atoms with Crippen LogP contribution in [0.2, 0.25) is 0 Å². The van der Waals surface area contributed by atoms with E-state index in [2.05, 4.69) is 0 Å². The third-order valence-electron chi connectivity index (χ3n) is 3.03. The monoisotopic (exact) mass is 281 g/mol. The van der Waals surface area contributed by atoms with Gasteiger partial charge < -0.3 is 15.9 Å². The number of hydrogen-bond donors (Lipinski definition) is 3. The Morgan fingerprint density at radius 1 is 1.26 bits per heavy atom. The average molecular weight is 281 g/mol. The highest BCUT2D eigenvalue weighted by atomic mass is 19.4. The van der Waals surface area contributed by atoms with E-state index in [4.69, 9.17) is 10.8 Å². The predicted molar refractivity (Wildman–Crippen MR) is 60.9 cm³/mol. The molecule has 0 saturated carbocycles. The first-order valence-corrected chi connectivity index (χ1v) is 5.47. The summed E-state index contributed by atoms with van der Waals surface area (Å²) < 4.78 is 51.8. The quantitative estimate of drug-likeness (QED) is 0.746. The lowest BCUT2D eigenvalue weighted by atomic mass is 9.79. The summed E-state index contributed by atoms with van der Waals surface area (Å²) in [5.74, 6) is -2.32. The van der Waals surface area contributed by atoms with E-state index in [-0.39, 0.29) is 0 Å². The SMILES string of the molecule is CC(C)(CO)[C@@H](N)c1c(C(F)(F)F)ccc(F)c1O. The molecule has 1 aromatic rings. The van der Waals surface area contributed by atoms with Gasteiger partial charge in [0.25, 0.3) is 0 Å². The van der Waals surface area contributed by atoms with E-state index in [0.29, 0.717) is 12.1 Å². The smallest absolute Gasteiger partial charge is 0.416 e. The second-order valence-corrected chi connectivity index (χ2v) is 4.98. The normalized spacial score (nSPS) is 14.5. The van der Waals surface area contributed by atoms with Crippen molar-refractivity contribution >= 4 is 0 Å². The molecule has 1 rings (SSSR count). The molecular weight excluding hydrogens is 266 g/mol. The van der Waals surface area contributed by atoms with Crippen molar-refractivity contribution in [3.63, 3.8) is 0 Å². The maximum Gasteiger partial charge on any atom is 0.416 e. The predicted octanol–water partition coefficient (Wildman–Crippen LogP) is 2.57. The zero-order valence-electron chi connectivity index (χ0n) is 10.4. The van der Waals surface area contributed by atoms with E-state index in [1.807, 2.05) is 0 Å². The van der Waals surface area contributed by atoms with Gasteiger partial charge in [0.2, 0.25) is 0 Å². The Balaban J connectivity index is 3.52. The van der Waals surface area contributed by atoms with Crippen molar-refractivity contribution in [3.8, 4) is 5.75 Å². The van der Waals surface area contributed by atoms with Gasteiger partial charge in [-0.15, -0.1) is 0 Å². The third kappa shape index (κ3) is 2.98. The summed E-state index contributed by atoms with van der Waals surface area (Å²) in [5.41, 5.74) is 2.56. The van der Waals surface area contributed by atoms with E-state index < -0.39 is 46.9 Å². The summed E-state index contributed by atoms with van der Waals surface area (Å²) in [4.78, 5) is 0. The molecule has 0 bridgehead atoms. The van der Waals surface area contributed by atoms with Crippen LogP contribution in [0.1, 0.15) is 31.0 Å². The van der Waals surface area contributed by atoms with Crippen molar-refractivity contribution in [2.45, 2.75) is 26.1 Å². The lowest BCUT2D eigenvalue weighted by Crippen LogP contribution is -2.34. The number of hydrogen-bond acceptors (Lipinski definition) is 3. The fourth-order valence-corrected chi connectivity index (χ4v) is 1.63. The van der Waals surface area contributed by atoms with Gasteiger partial charge in [0.1, 0.15) is 0 Å². The lowest BCUT2D eigenvalue weighted by molar-refractivity contribution is -0.138. The Morgan fingerprint density at radius 2 is 1.79 bits per heavy atom. The number of aliphatic hydroxyl groups is 1. The molecule has 0 heterocycles. The molecular formula is C12H15F4NO2. The first kappa shape index (κ1) is 15.7. The molecule has 108 valence electrons. The van der Waals surface area contributed by atoms with Crippen LogP contribution in [0.3, 0.4) is 0 Å². The Kier molecular flexibility index (Phi) is 4.11. The molecule has 0 spiro atoms. The molecule has 3 nitrogen and oxygen atoms in total. The molecule has 19 heavy (non-hydrogen) atoms. The van der Waals surface area contributed by atoms with Crippen molar-refractivity contribution in [3.05, 3.63) is 29.1 Å². The topological polar surface area (TPSA) is 66.5 Å². The fourth-order valence-electron chi connectivity index (χ4n) is 1.63. The molecule has 0 radical (unpaired) electrons. The molecule has 0 aliphatic heterocycles. The van der Waals surface area contributed by atoms with Crippen LogP contribution in [-0.4, -0.2) is 16.8 Å². The van der Waals surface area contributed by atoms with Gasteiger partial charge in [-0.1, -0.05) is 13.8 Å². The third-order valence-corrected chi connectivity index (χ3v) is 3.03. The van der Waals surface area contributed by atoms with Crippen LogP contribution in [0, 0.1) is 11.2 Å². The van der Waals surface area contributed by atoms with Gasteiger partial charge in [-0.2, -0.15) is 13.2 Å². The standard InChI is InChI=1S/C12H15F4NO2/c1-11(2,5-18)10(17)8-6(12(14,15)16)3-4-7(13)9(8)19/h3-4,10,18-19H,5,17H2,1-2H3/t10-/m0/s1. The van der Waals surface area contributed by atoms with Gasteiger partial charge in [0, 0.05) is 23.6 Å². The second-order valence-electron chi connectivity index (χ2n) is 4.98. The van der Waals surface area contributed by atoms with Crippen LogP contribution < -0.4 is 5.73 Å². The number of benzene rings is 1. The van der Waals surface area contributed by atoms with E-state index in [0.717, 1.165) is 0 Å². The number of rotatable bonds is 3. The summed E-state index contributed by atoms with van der Waals surface area (Å²) in [6.45, 7) is 2.33. The Morgan fingerprint density at radius 3 is 2.21 bits per heavy atom. The molecule has 1 atom stereocenters. The molecule has 0 amide bonds. The first-order valence-electron chi connectivity index (χ1n) is 5.47. The largest absolute Gasteiger partial charge is 0.505 e. The molecule has 0 unspecified atom stereocenters. The Labute approximate surface area is 107 Å². The molecule has 0 fully saturated rings. The van der Waals surface area contributed by atoms with Crippen LogP contribution in [-0.2, 0) is 6.18 Å². The van der Waals surface area contributed by atoms with Crippen LogP contribution in [0.15, 0.2) is 12.1 Å². The van der Waals surface area contributed by atoms with Gasteiger partial charge in [-0.25, -0.2) is 4.39 Å². The molecule has 1 aromatic carbocycles. The highest BCUT2D eigenvalue weighted by Gasteiger charge is 2.40. The number of nitrogens with two attached hydrogens (primary N) is 1. The minimum Gasteiger partial charge on any atom is -0.505 e. The summed E-state index contributed by atoms with van der Waals surface area (Å²) in [6, 6.07) is -0.317. The summed E-state index contributed by atoms with van der Waals surface area (Å²) in [5, 5.41) is 18.7. The van der Waals surface area contributed by atoms with Crippen molar-refractivity contribution in [1.82, 2.24) is 0 Å². The number of phenolic OH excluding ortho intramolecular Hbond substituents is 1. The van der Waals surface area contributed by atoms with Crippen molar-refractivity contribution in [1.29, 1.82) is 0 Å². The summed E-state index contributed by atoms with van der Waals surface area (Å²) in [7, 11) is 0. The molecule has 0 aromatic heterocycles. The average Bonchev–Trinajstić information content (AvgIpc) is 2.30.